The molecule has 2 aromatic rings. The van der Waals surface area contributed by atoms with Crippen LogP contribution in [0.1, 0.15) is 41.5 Å². The molecular weight excluding hydrogens is 473 g/mol. The van der Waals surface area contributed by atoms with Gasteiger partial charge in [-0.3, -0.25) is 4.79 Å². The van der Waals surface area contributed by atoms with Gasteiger partial charge in [0.25, 0.3) is 5.56 Å². The van der Waals surface area contributed by atoms with Crippen molar-refractivity contribution >= 4 is 40.4 Å². The van der Waals surface area contributed by atoms with E-state index in [1.54, 1.807) is 11.2 Å². The number of carbonyl (C=O) groups excluding carboxylic acids is 1. The number of carbonyl (C=O) groups is 1. The van der Waals surface area contributed by atoms with Gasteiger partial charge in [0.1, 0.15) is 16.5 Å². The predicted octanol–water partition coefficient (Wildman–Crippen LogP) is 4.08. The third kappa shape index (κ3) is 8.01. The van der Waals surface area contributed by atoms with Crippen LogP contribution in [0.5, 0.6) is 5.88 Å². The summed E-state index contributed by atoms with van der Waals surface area (Å²) in [6.45, 7) is 14.1. The monoisotopic (exact) mass is 505 g/mol. The summed E-state index contributed by atoms with van der Waals surface area (Å²) in [5.74, 6) is -0.878. The molecule has 1 fully saturated rings. The molecule has 2 N–H and O–H groups in total. The molecule has 0 aromatic carbocycles. The summed E-state index contributed by atoms with van der Waals surface area (Å²) in [7, 11) is 1.32. The lowest BCUT2D eigenvalue weighted by Gasteiger charge is -2.35. The van der Waals surface area contributed by atoms with Gasteiger partial charge < -0.3 is 24.7 Å². The zero-order valence-electron chi connectivity index (χ0n) is 20.3. The van der Waals surface area contributed by atoms with Crippen LogP contribution in [0, 0.1) is 5.82 Å². The molecule has 0 bridgehead atoms. The van der Waals surface area contributed by atoms with E-state index in [1.807, 2.05) is 41.5 Å². The van der Waals surface area contributed by atoms with Crippen molar-refractivity contribution in [1.29, 1.82) is 0 Å². The molecule has 33 heavy (non-hydrogen) atoms. The molecule has 3 heterocycles. The maximum atomic E-state index is 13.7. The summed E-state index contributed by atoms with van der Waals surface area (Å²) in [5, 5.41) is 3.11. The topological polar surface area (TPSA) is 109 Å². The van der Waals surface area contributed by atoms with Gasteiger partial charge in [0.15, 0.2) is 16.1 Å². The Kier molecular flexibility index (Phi) is 11.4. The van der Waals surface area contributed by atoms with Gasteiger partial charge in [-0.05, 0) is 34.0 Å². The Labute approximate surface area is 202 Å². The average Bonchev–Trinajstić information content (AvgIpc) is 2.77. The van der Waals surface area contributed by atoms with Crippen molar-refractivity contribution < 1.29 is 18.7 Å². The van der Waals surface area contributed by atoms with Crippen LogP contribution in [0.4, 0.5) is 9.18 Å². The summed E-state index contributed by atoms with van der Waals surface area (Å²) >= 11 is 6.78. The van der Waals surface area contributed by atoms with Crippen LogP contribution < -0.4 is 15.6 Å². The number of amides is 1. The normalized spacial score (nSPS) is 15.7. The molecule has 1 amide bonds. The highest BCUT2D eigenvalue weighted by molar-refractivity contribution is 7.98. The fourth-order valence-electron chi connectivity index (χ4n) is 2.78. The van der Waals surface area contributed by atoms with Crippen LogP contribution in [-0.2, 0) is 4.74 Å². The molecule has 0 radical (unpaired) electrons. The number of methoxy groups -OCH3 is 1. The predicted molar refractivity (Wildman–Crippen MR) is 130 cm³/mol. The number of hydrogen-bond donors (Lipinski definition) is 2. The first kappa shape index (κ1) is 28.9. The molecule has 2 aromatic heterocycles. The molecule has 12 heteroatoms. The van der Waals surface area contributed by atoms with E-state index in [9.17, 15) is 14.0 Å². The smallest absolute Gasteiger partial charge is 0.410 e. The zero-order valence-corrected chi connectivity index (χ0v) is 21.9. The van der Waals surface area contributed by atoms with Gasteiger partial charge in [-0.1, -0.05) is 37.2 Å². The van der Waals surface area contributed by atoms with Crippen LogP contribution in [0.2, 0.25) is 5.15 Å². The van der Waals surface area contributed by atoms with Crippen LogP contribution in [-0.4, -0.2) is 70.6 Å². The van der Waals surface area contributed by atoms with Crippen molar-refractivity contribution in [2.24, 2.45) is 0 Å². The Balaban J connectivity index is 0.000000313. The molecule has 9 nitrogen and oxygen atoms in total. The largest absolute Gasteiger partial charge is 0.480 e. The number of nitrogens with one attached hydrogen (secondary N) is 2. The summed E-state index contributed by atoms with van der Waals surface area (Å²) in [4.78, 5) is 35.3. The average molecular weight is 506 g/mol. The molecule has 0 saturated carbocycles. The molecule has 186 valence electrons. The lowest BCUT2D eigenvalue weighted by Crippen LogP contribution is -2.53. The van der Waals surface area contributed by atoms with E-state index in [-0.39, 0.29) is 34.1 Å². The number of H-pyrrole nitrogens is 1. The molecule has 1 unspecified atom stereocenters. The number of nitrogens with zero attached hydrogens (tertiary/aromatic N) is 3. The molecule has 3 rings (SSSR count). The van der Waals surface area contributed by atoms with Gasteiger partial charge in [-0.15, -0.1) is 0 Å². The Hall–Kier alpha value is -2.11. The van der Waals surface area contributed by atoms with Crippen LogP contribution >= 0.6 is 23.4 Å². The maximum Gasteiger partial charge on any atom is 0.410 e. The number of thioether (sulfide) groups is 1. The second-order valence-electron chi connectivity index (χ2n) is 7.75. The van der Waals surface area contributed by atoms with Crippen molar-refractivity contribution in [3.05, 3.63) is 21.3 Å². The highest BCUT2D eigenvalue weighted by Crippen LogP contribution is 2.27. The first-order valence-electron chi connectivity index (χ1n) is 10.6. The number of aromatic amines is 1. The fourth-order valence-corrected chi connectivity index (χ4v) is 3.32. The summed E-state index contributed by atoms with van der Waals surface area (Å²) < 4.78 is 23.9. The number of pyridine rings is 1. The molecular formula is C21H33ClFN5O4S. The third-order valence-electron chi connectivity index (χ3n) is 4.22. The van der Waals surface area contributed by atoms with Gasteiger partial charge in [-0.2, -0.15) is 4.98 Å². The minimum atomic E-state index is -0.830. The molecule has 1 saturated heterocycles. The van der Waals surface area contributed by atoms with E-state index in [4.69, 9.17) is 21.1 Å². The van der Waals surface area contributed by atoms with Crippen LogP contribution in [0.25, 0.3) is 10.9 Å². The molecule has 1 aliphatic rings. The number of ether oxygens (including phenoxy) is 2. The van der Waals surface area contributed by atoms with Gasteiger partial charge in [0.2, 0.25) is 5.88 Å². The number of piperazine rings is 1. The van der Waals surface area contributed by atoms with Crippen molar-refractivity contribution in [3.8, 4) is 5.88 Å². The van der Waals surface area contributed by atoms with Crippen molar-refractivity contribution in [2.45, 2.75) is 58.3 Å². The zero-order chi connectivity index (χ0) is 25.3. The number of aromatic nitrogens is 3. The van der Waals surface area contributed by atoms with E-state index in [0.29, 0.717) is 5.16 Å². The summed E-state index contributed by atoms with van der Waals surface area (Å²) in [6, 6.07) is 0.221. The molecule has 1 atom stereocenters. The summed E-state index contributed by atoms with van der Waals surface area (Å²) in [5.41, 5.74) is -1.06. The second-order valence-corrected chi connectivity index (χ2v) is 8.90. The van der Waals surface area contributed by atoms with Gasteiger partial charge in [-0.25, -0.2) is 14.2 Å². The van der Waals surface area contributed by atoms with E-state index in [0.717, 1.165) is 19.6 Å². The molecule has 0 spiro atoms. The molecule has 0 aliphatic carbocycles. The van der Waals surface area contributed by atoms with Gasteiger partial charge >= 0.3 is 6.09 Å². The highest BCUT2D eigenvalue weighted by atomic mass is 35.5. The van der Waals surface area contributed by atoms with Crippen LogP contribution in [0.15, 0.2) is 9.95 Å². The number of hydrogen-bond acceptors (Lipinski definition) is 8. The maximum absolute atomic E-state index is 13.7. The Morgan fingerprint density at radius 3 is 2.45 bits per heavy atom. The Morgan fingerprint density at radius 1 is 1.30 bits per heavy atom. The van der Waals surface area contributed by atoms with Crippen molar-refractivity contribution in [2.75, 3.05) is 33.0 Å². The second kappa shape index (κ2) is 13.0. The lowest BCUT2D eigenvalue weighted by atomic mass is 10.2. The van der Waals surface area contributed by atoms with E-state index in [1.165, 1.54) is 18.9 Å². The first-order valence-corrected chi connectivity index (χ1v) is 12.2. The van der Waals surface area contributed by atoms with Gasteiger partial charge in [0.05, 0.1) is 7.11 Å². The SMILES string of the molecule is CC.CC1CNCCN1C(=O)OC(C)(C)C.COc1nc(Cl)c(F)c2nc(SC)[nH]c(=O)c12. The minimum Gasteiger partial charge on any atom is -0.480 e. The molecule has 1 aliphatic heterocycles. The number of rotatable bonds is 2. The number of halogens is 2. The van der Waals surface area contributed by atoms with Crippen LogP contribution in [0.3, 0.4) is 0 Å². The lowest BCUT2D eigenvalue weighted by molar-refractivity contribution is 0.0141. The Bertz CT molecular complexity index is 999. The summed E-state index contributed by atoms with van der Waals surface area (Å²) in [6.07, 6.45) is 1.51. The minimum absolute atomic E-state index is 0.0483. The van der Waals surface area contributed by atoms with E-state index >= 15 is 0 Å². The third-order valence-corrected chi connectivity index (χ3v) is 5.05. The fraction of sp³-hybridized carbons (Fsp3) is 0.619. The quantitative estimate of drug-likeness (QED) is 0.357. The Morgan fingerprint density at radius 2 is 1.94 bits per heavy atom. The van der Waals surface area contributed by atoms with E-state index in [2.05, 4.69) is 20.3 Å². The van der Waals surface area contributed by atoms with Gasteiger partial charge in [0, 0.05) is 25.7 Å². The van der Waals surface area contributed by atoms with E-state index < -0.39 is 17.0 Å². The standard InChI is InChI=1S/C10H20N2O2.C9H7ClFN3O2S.C2H6/c1-8-7-11-5-6-12(8)9(13)14-10(2,3)4;1-16-8-3-5(4(11)6(10)13-8)12-9(17-2)14-7(3)15;1-2/h8,11H,5-7H2,1-4H3;1-2H3,(H,12,14,15);1-2H3. The highest BCUT2D eigenvalue weighted by Gasteiger charge is 2.27. The van der Waals surface area contributed by atoms with Crippen molar-refractivity contribution in [1.82, 2.24) is 25.2 Å². The first-order chi connectivity index (χ1) is 15.5. The number of fused-ring (bicyclic) bond motifs is 1. The van der Waals surface area contributed by atoms with Crippen molar-refractivity contribution in [3.63, 3.8) is 0 Å².